The SMILES string of the molecule is COc1cc(OC)cc(Oc2ccccc2/C=N/N=C(N)N)c1. The van der Waals surface area contributed by atoms with Crippen LogP contribution in [0.2, 0.25) is 0 Å². The molecule has 0 bridgehead atoms. The Hall–Kier alpha value is -3.22. The van der Waals surface area contributed by atoms with E-state index in [4.69, 9.17) is 25.7 Å². The summed E-state index contributed by atoms with van der Waals surface area (Å²) in [5.41, 5.74) is 11.2. The molecule has 0 saturated heterocycles. The van der Waals surface area contributed by atoms with E-state index in [0.29, 0.717) is 23.0 Å². The Kier molecular flexibility index (Phi) is 5.40. The average molecular weight is 314 g/mol. The highest BCUT2D eigenvalue weighted by atomic mass is 16.5. The fourth-order valence-corrected chi connectivity index (χ4v) is 1.81. The molecule has 4 N–H and O–H groups in total. The molecule has 0 unspecified atom stereocenters. The number of ether oxygens (including phenoxy) is 3. The topological polar surface area (TPSA) is 104 Å². The second-order valence-corrected chi connectivity index (χ2v) is 4.46. The predicted octanol–water partition coefficient (Wildman–Crippen LogP) is 2.10. The van der Waals surface area contributed by atoms with Gasteiger partial charge in [-0.15, -0.1) is 5.10 Å². The first-order valence-electron chi connectivity index (χ1n) is 6.74. The molecule has 0 saturated carbocycles. The number of nitrogens with two attached hydrogens (primary N) is 2. The lowest BCUT2D eigenvalue weighted by Crippen LogP contribution is -2.21. The van der Waals surface area contributed by atoms with E-state index in [1.165, 1.54) is 6.21 Å². The smallest absolute Gasteiger partial charge is 0.211 e. The molecule has 0 amide bonds. The van der Waals surface area contributed by atoms with E-state index in [1.54, 1.807) is 32.4 Å². The van der Waals surface area contributed by atoms with Crippen LogP contribution in [0, 0.1) is 0 Å². The van der Waals surface area contributed by atoms with Crippen LogP contribution in [0.4, 0.5) is 0 Å². The number of guanidine groups is 1. The van der Waals surface area contributed by atoms with E-state index in [-0.39, 0.29) is 5.96 Å². The Bertz CT molecular complexity index is 703. The van der Waals surface area contributed by atoms with Gasteiger partial charge in [-0.3, -0.25) is 0 Å². The number of methoxy groups -OCH3 is 2. The summed E-state index contributed by atoms with van der Waals surface area (Å²) in [4.78, 5) is 0. The Labute approximate surface area is 134 Å². The molecule has 7 heteroatoms. The molecule has 2 aromatic carbocycles. The summed E-state index contributed by atoms with van der Waals surface area (Å²) >= 11 is 0. The lowest BCUT2D eigenvalue weighted by molar-refractivity contribution is 0.386. The molecule has 23 heavy (non-hydrogen) atoms. The standard InChI is InChI=1S/C16H18N4O3/c1-21-12-7-13(22-2)9-14(8-12)23-15-6-4-3-5-11(15)10-19-20-16(17)18/h3-10H,1-2H3,(H4,17,18,20)/b19-10+. The molecular weight excluding hydrogens is 296 g/mol. The number of hydrogen-bond acceptors (Lipinski definition) is 5. The molecule has 0 aliphatic rings. The van der Waals surface area contributed by atoms with E-state index in [1.807, 2.05) is 24.3 Å². The highest BCUT2D eigenvalue weighted by Crippen LogP contribution is 2.31. The third-order valence-electron chi connectivity index (χ3n) is 2.84. The molecule has 0 radical (unpaired) electrons. The normalized spacial score (nSPS) is 10.3. The maximum absolute atomic E-state index is 5.89. The summed E-state index contributed by atoms with van der Waals surface area (Å²) in [5, 5.41) is 7.36. The van der Waals surface area contributed by atoms with E-state index < -0.39 is 0 Å². The Morgan fingerprint density at radius 3 is 2.17 bits per heavy atom. The van der Waals surface area contributed by atoms with Crippen molar-refractivity contribution in [2.24, 2.45) is 21.7 Å². The fourth-order valence-electron chi connectivity index (χ4n) is 1.81. The van der Waals surface area contributed by atoms with Gasteiger partial charge in [-0.25, -0.2) is 0 Å². The van der Waals surface area contributed by atoms with Gasteiger partial charge in [-0.2, -0.15) is 5.10 Å². The highest BCUT2D eigenvalue weighted by molar-refractivity contribution is 5.84. The van der Waals surface area contributed by atoms with Crippen molar-refractivity contribution < 1.29 is 14.2 Å². The summed E-state index contributed by atoms with van der Waals surface area (Å²) in [5.74, 6) is 2.32. The summed E-state index contributed by atoms with van der Waals surface area (Å²) < 4.78 is 16.3. The van der Waals surface area contributed by atoms with Gasteiger partial charge in [0.05, 0.1) is 20.4 Å². The van der Waals surface area contributed by atoms with Gasteiger partial charge in [-0.1, -0.05) is 12.1 Å². The zero-order chi connectivity index (χ0) is 16.7. The second kappa shape index (κ2) is 7.69. The molecule has 0 atom stereocenters. The van der Waals surface area contributed by atoms with Crippen molar-refractivity contribution in [3.05, 3.63) is 48.0 Å². The predicted molar refractivity (Wildman–Crippen MR) is 89.5 cm³/mol. The quantitative estimate of drug-likeness (QED) is 0.482. The molecule has 0 spiro atoms. The second-order valence-electron chi connectivity index (χ2n) is 4.46. The van der Waals surface area contributed by atoms with E-state index in [9.17, 15) is 0 Å². The van der Waals surface area contributed by atoms with Crippen LogP contribution >= 0.6 is 0 Å². The minimum atomic E-state index is -0.114. The van der Waals surface area contributed by atoms with Gasteiger partial charge >= 0.3 is 0 Å². The fraction of sp³-hybridized carbons (Fsp3) is 0.125. The Balaban J connectivity index is 2.30. The van der Waals surface area contributed by atoms with Gasteiger partial charge in [0.15, 0.2) is 0 Å². The van der Waals surface area contributed by atoms with Crippen molar-refractivity contribution in [3.63, 3.8) is 0 Å². The number of benzene rings is 2. The zero-order valence-corrected chi connectivity index (χ0v) is 12.9. The molecule has 0 fully saturated rings. The van der Waals surface area contributed by atoms with Crippen molar-refractivity contribution >= 4 is 12.2 Å². The monoisotopic (exact) mass is 314 g/mol. The minimum Gasteiger partial charge on any atom is -0.496 e. The first-order valence-corrected chi connectivity index (χ1v) is 6.74. The highest BCUT2D eigenvalue weighted by Gasteiger charge is 2.06. The first kappa shape index (κ1) is 16.2. The molecular formula is C16H18N4O3. The lowest BCUT2D eigenvalue weighted by Gasteiger charge is -2.11. The number of para-hydroxylation sites is 1. The van der Waals surface area contributed by atoms with Gasteiger partial charge in [-0.05, 0) is 12.1 Å². The van der Waals surface area contributed by atoms with Crippen LogP contribution in [0.25, 0.3) is 0 Å². The Morgan fingerprint density at radius 1 is 0.957 bits per heavy atom. The molecule has 7 nitrogen and oxygen atoms in total. The van der Waals surface area contributed by atoms with Crippen LogP contribution in [0.1, 0.15) is 5.56 Å². The Morgan fingerprint density at radius 2 is 1.57 bits per heavy atom. The van der Waals surface area contributed by atoms with Crippen LogP contribution in [-0.4, -0.2) is 26.4 Å². The van der Waals surface area contributed by atoms with Gasteiger partial charge in [0.2, 0.25) is 5.96 Å². The van der Waals surface area contributed by atoms with Crippen LogP contribution in [0.15, 0.2) is 52.7 Å². The van der Waals surface area contributed by atoms with Crippen molar-refractivity contribution in [1.82, 2.24) is 0 Å². The van der Waals surface area contributed by atoms with Crippen LogP contribution in [0.5, 0.6) is 23.0 Å². The summed E-state index contributed by atoms with van der Waals surface area (Å²) in [6.45, 7) is 0. The molecule has 0 aromatic heterocycles. The first-order chi connectivity index (χ1) is 11.1. The summed E-state index contributed by atoms with van der Waals surface area (Å²) in [6.07, 6.45) is 1.51. The summed E-state index contributed by atoms with van der Waals surface area (Å²) in [7, 11) is 3.16. The van der Waals surface area contributed by atoms with Crippen LogP contribution in [0.3, 0.4) is 0 Å². The maximum atomic E-state index is 5.89. The van der Waals surface area contributed by atoms with Crippen molar-refractivity contribution in [2.45, 2.75) is 0 Å². The van der Waals surface area contributed by atoms with Crippen LogP contribution < -0.4 is 25.7 Å². The minimum absolute atomic E-state index is 0.114. The number of nitrogens with zero attached hydrogens (tertiary/aromatic N) is 2. The number of hydrogen-bond donors (Lipinski definition) is 2. The summed E-state index contributed by atoms with van der Waals surface area (Å²) in [6, 6.07) is 12.6. The number of rotatable bonds is 6. The molecule has 0 aliphatic carbocycles. The molecule has 2 rings (SSSR count). The molecule has 120 valence electrons. The van der Waals surface area contributed by atoms with Gasteiger partial charge < -0.3 is 25.7 Å². The van der Waals surface area contributed by atoms with Gasteiger partial charge in [0.25, 0.3) is 0 Å². The van der Waals surface area contributed by atoms with Crippen molar-refractivity contribution in [3.8, 4) is 23.0 Å². The average Bonchev–Trinajstić information content (AvgIpc) is 2.55. The largest absolute Gasteiger partial charge is 0.496 e. The van der Waals surface area contributed by atoms with Gasteiger partial charge in [0.1, 0.15) is 23.0 Å². The third kappa shape index (κ3) is 4.63. The lowest BCUT2D eigenvalue weighted by atomic mass is 10.2. The van der Waals surface area contributed by atoms with Gasteiger partial charge in [0, 0.05) is 23.8 Å². The zero-order valence-electron chi connectivity index (χ0n) is 12.9. The molecule has 2 aromatic rings. The maximum Gasteiger partial charge on any atom is 0.211 e. The molecule has 0 heterocycles. The van der Waals surface area contributed by atoms with E-state index >= 15 is 0 Å². The molecule has 0 aliphatic heterocycles. The van der Waals surface area contributed by atoms with Crippen molar-refractivity contribution in [1.29, 1.82) is 0 Å². The van der Waals surface area contributed by atoms with E-state index in [2.05, 4.69) is 10.2 Å². The van der Waals surface area contributed by atoms with Crippen LogP contribution in [-0.2, 0) is 0 Å². The van der Waals surface area contributed by atoms with E-state index in [0.717, 1.165) is 5.56 Å². The van der Waals surface area contributed by atoms with Crippen molar-refractivity contribution in [2.75, 3.05) is 14.2 Å². The third-order valence-corrected chi connectivity index (χ3v) is 2.84.